The molecule has 4 rings (SSSR count). The molecule has 0 atom stereocenters. The predicted octanol–water partition coefficient (Wildman–Crippen LogP) is 4.43. The number of likely N-dealkylation sites (N-methyl/N-ethyl adjacent to an activating group) is 1. The molecule has 1 aromatic heterocycles. The number of hydrogen-bond donors (Lipinski definition) is 0. The summed E-state index contributed by atoms with van der Waals surface area (Å²) < 4.78 is 0. The van der Waals surface area contributed by atoms with Gasteiger partial charge < -0.3 is 4.90 Å². The van der Waals surface area contributed by atoms with E-state index in [9.17, 15) is 4.79 Å². The molecule has 1 heterocycles. The second-order valence-corrected chi connectivity index (χ2v) is 7.11. The summed E-state index contributed by atoms with van der Waals surface area (Å²) >= 11 is 0. The summed E-state index contributed by atoms with van der Waals surface area (Å²) in [6, 6.07) is 20.5. The number of rotatable bonds is 6. The molecule has 0 unspecified atom stereocenters. The molecule has 4 aromatic rings. The Labute approximate surface area is 170 Å². The number of fused-ring (bicyclic) bond motifs is 1. The van der Waals surface area contributed by atoms with Crippen molar-refractivity contribution in [2.24, 2.45) is 0 Å². The zero-order valence-corrected chi connectivity index (χ0v) is 16.7. The average Bonchev–Trinajstić information content (AvgIpc) is 3.28. The molecule has 29 heavy (non-hydrogen) atoms. The van der Waals surface area contributed by atoms with Crippen LogP contribution in [-0.4, -0.2) is 38.9 Å². The first-order valence-corrected chi connectivity index (χ1v) is 9.90. The number of carbonyl (C=O) groups excluding carboxylic acids is 1. The molecule has 0 bridgehead atoms. The molecule has 0 N–H and O–H groups in total. The Morgan fingerprint density at radius 3 is 2.55 bits per heavy atom. The first kappa shape index (κ1) is 18.9. The molecule has 0 saturated heterocycles. The van der Waals surface area contributed by atoms with Crippen LogP contribution >= 0.6 is 0 Å². The van der Waals surface area contributed by atoms with Crippen molar-refractivity contribution >= 4 is 16.7 Å². The van der Waals surface area contributed by atoms with E-state index in [1.165, 1.54) is 21.1 Å². The van der Waals surface area contributed by atoms with Crippen molar-refractivity contribution in [1.29, 1.82) is 0 Å². The number of benzene rings is 3. The topological polar surface area (TPSA) is 51.0 Å². The fraction of sp³-hybridized carbons (Fsp3) is 0.208. The van der Waals surface area contributed by atoms with Crippen LogP contribution in [0.3, 0.4) is 0 Å². The van der Waals surface area contributed by atoms with E-state index in [4.69, 9.17) is 0 Å². The van der Waals surface area contributed by atoms with Gasteiger partial charge in [-0.05, 0) is 48.7 Å². The molecule has 146 valence electrons. The van der Waals surface area contributed by atoms with E-state index in [1.807, 2.05) is 36.9 Å². The molecule has 0 aliphatic heterocycles. The van der Waals surface area contributed by atoms with Crippen molar-refractivity contribution in [2.45, 2.75) is 20.3 Å². The van der Waals surface area contributed by atoms with E-state index in [1.54, 1.807) is 12.4 Å². The van der Waals surface area contributed by atoms with Gasteiger partial charge >= 0.3 is 0 Å². The summed E-state index contributed by atoms with van der Waals surface area (Å²) in [6.07, 6.45) is 4.04. The third kappa shape index (κ3) is 3.90. The standard InChI is InChI=1S/C24H24N4O/c1-3-27(16-13-20-9-6-8-19-7-4-5-10-21(19)20)24(29)22-17-18(2)11-12-23(22)28-25-14-15-26-28/h4-12,14-15,17H,3,13,16H2,1-2H3. The minimum Gasteiger partial charge on any atom is -0.339 e. The normalized spacial score (nSPS) is 11.0. The first-order valence-electron chi connectivity index (χ1n) is 9.90. The maximum absolute atomic E-state index is 13.4. The monoisotopic (exact) mass is 384 g/mol. The van der Waals surface area contributed by atoms with Crippen molar-refractivity contribution in [3.8, 4) is 5.69 Å². The summed E-state index contributed by atoms with van der Waals surface area (Å²) in [6.45, 7) is 5.30. The molecule has 0 fully saturated rings. The van der Waals surface area contributed by atoms with Gasteiger partial charge in [0, 0.05) is 13.1 Å². The Hall–Kier alpha value is -3.47. The van der Waals surface area contributed by atoms with Crippen molar-refractivity contribution in [1.82, 2.24) is 19.9 Å². The Morgan fingerprint density at radius 1 is 1.00 bits per heavy atom. The fourth-order valence-corrected chi connectivity index (χ4v) is 3.68. The van der Waals surface area contributed by atoms with Crippen LogP contribution in [0.5, 0.6) is 0 Å². The van der Waals surface area contributed by atoms with Gasteiger partial charge in [0.05, 0.1) is 23.6 Å². The summed E-state index contributed by atoms with van der Waals surface area (Å²) in [7, 11) is 0. The fourth-order valence-electron chi connectivity index (χ4n) is 3.68. The Morgan fingerprint density at radius 2 is 1.76 bits per heavy atom. The highest BCUT2D eigenvalue weighted by atomic mass is 16.2. The average molecular weight is 384 g/mol. The number of aryl methyl sites for hydroxylation is 1. The zero-order valence-electron chi connectivity index (χ0n) is 16.7. The predicted molar refractivity (Wildman–Crippen MR) is 115 cm³/mol. The second kappa shape index (κ2) is 8.27. The van der Waals surface area contributed by atoms with Crippen molar-refractivity contribution in [3.63, 3.8) is 0 Å². The summed E-state index contributed by atoms with van der Waals surface area (Å²) in [4.78, 5) is 16.8. The van der Waals surface area contributed by atoms with Gasteiger partial charge in [-0.15, -0.1) is 0 Å². The maximum Gasteiger partial charge on any atom is 0.256 e. The van der Waals surface area contributed by atoms with E-state index >= 15 is 0 Å². The Bertz CT molecular complexity index is 1130. The van der Waals surface area contributed by atoms with Gasteiger partial charge in [-0.3, -0.25) is 4.79 Å². The minimum absolute atomic E-state index is 0.00346. The molecule has 1 amide bonds. The lowest BCUT2D eigenvalue weighted by molar-refractivity contribution is 0.0766. The van der Waals surface area contributed by atoms with Crippen molar-refractivity contribution in [3.05, 3.63) is 89.7 Å². The van der Waals surface area contributed by atoms with Gasteiger partial charge in [-0.2, -0.15) is 15.0 Å². The second-order valence-electron chi connectivity index (χ2n) is 7.11. The van der Waals surface area contributed by atoms with Gasteiger partial charge in [0.1, 0.15) is 0 Å². The molecule has 5 nitrogen and oxygen atoms in total. The lowest BCUT2D eigenvalue weighted by Crippen LogP contribution is -2.33. The summed E-state index contributed by atoms with van der Waals surface area (Å²) in [5.41, 5.74) is 3.62. The molecule has 0 aliphatic carbocycles. The van der Waals surface area contributed by atoms with E-state index in [-0.39, 0.29) is 5.91 Å². The number of aromatic nitrogens is 3. The molecule has 0 aliphatic rings. The third-order valence-corrected chi connectivity index (χ3v) is 5.22. The van der Waals surface area contributed by atoms with Crippen LogP contribution in [0.2, 0.25) is 0 Å². The van der Waals surface area contributed by atoms with Crippen LogP contribution in [0.1, 0.15) is 28.4 Å². The Kier molecular flexibility index (Phi) is 5.38. The molecule has 0 radical (unpaired) electrons. The Balaban J connectivity index is 1.60. The maximum atomic E-state index is 13.4. The largest absolute Gasteiger partial charge is 0.339 e. The third-order valence-electron chi connectivity index (χ3n) is 5.22. The quantitative estimate of drug-likeness (QED) is 0.494. The number of amides is 1. The lowest BCUT2D eigenvalue weighted by atomic mass is 10.0. The van der Waals surface area contributed by atoms with Crippen LogP contribution in [0, 0.1) is 6.92 Å². The van der Waals surface area contributed by atoms with E-state index < -0.39 is 0 Å². The molecule has 5 heteroatoms. The van der Waals surface area contributed by atoms with Gasteiger partial charge in [0.2, 0.25) is 0 Å². The highest BCUT2D eigenvalue weighted by Gasteiger charge is 2.20. The summed E-state index contributed by atoms with van der Waals surface area (Å²) in [5, 5.41) is 10.9. The van der Waals surface area contributed by atoms with Gasteiger partial charge in [-0.25, -0.2) is 0 Å². The van der Waals surface area contributed by atoms with E-state index in [0.29, 0.717) is 24.3 Å². The number of carbonyl (C=O) groups is 1. The molecule has 0 spiro atoms. The van der Waals surface area contributed by atoms with E-state index in [0.717, 1.165) is 12.0 Å². The minimum atomic E-state index is 0.00346. The van der Waals surface area contributed by atoms with Crippen molar-refractivity contribution in [2.75, 3.05) is 13.1 Å². The van der Waals surface area contributed by atoms with Crippen LogP contribution in [0.4, 0.5) is 0 Å². The highest BCUT2D eigenvalue weighted by Crippen LogP contribution is 2.21. The van der Waals surface area contributed by atoms with Crippen LogP contribution in [-0.2, 0) is 6.42 Å². The molecular formula is C24H24N4O. The molecule has 0 saturated carbocycles. The number of nitrogens with zero attached hydrogens (tertiary/aromatic N) is 4. The van der Waals surface area contributed by atoms with Crippen molar-refractivity contribution < 1.29 is 4.79 Å². The first-order chi connectivity index (χ1) is 14.2. The van der Waals surface area contributed by atoms with Crippen LogP contribution < -0.4 is 0 Å². The SMILES string of the molecule is CCN(CCc1cccc2ccccc12)C(=O)c1cc(C)ccc1-n1nccn1. The molecule has 3 aromatic carbocycles. The number of hydrogen-bond acceptors (Lipinski definition) is 3. The highest BCUT2D eigenvalue weighted by molar-refractivity contribution is 5.98. The van der Waals surface area contributed by atoms with E-state index in [2.05, 4.69) is 52.7 Å². The van der Waals surface area contributed by atoms with Gasteiger partial charge in [-0.1, -0.05) is 54.1 Å². The van der Waals surface area contributed by atoms with Gasteiger partial charge in [0.25, 0.3) is 5.91 Å². The molecular weight excluding hydrogens is 360 g/mol. The van der Waals surface area contributed by atoms with Gasteiger partial charge in [0.15, 0.2) is 0 Å². The smallest absolute Gasteiger partial charge is 0.256 e. The summed E-state index contributed by atoms with van der Waals surface area (Å²) in [5.74, 6) is 0.00346. The lowest BCUT2D eigenvalue weighted by Gasteiger charge is -2.23. The van der Waals surface area contributed by atoms with Crippen LogP contribution in [0.25, 0.3) is 16.5 Å². The zero-order chi connectivity index (χ0) is 20.2. The van der Waals surface area contributed by atoms with Crippen LogP contribution in [0.15, 0.2) is 73.1 Å².